The van der Waals surface area contributed by atoms with Crippen LogP contribution in [0.25, 0.3) is 5.65 Å². The Hall–Kier alpha value is -3.55. The number of imidazole rings is 1. The van der Waals surface area contributed by atoms with Crippen molar-refractivity contribution in [3.05, 3.63) is 58.5 Å². The molecule has 0 saturated carbocycles. The van der Waals surface area contributed by atoms with Gasteiger partial charge in [-0.3, -0.25) is 9.69 Å². The van der Waals surface area contributed by atoms with E-state index < -0.39 is 17.7 Å². The number of anilines is 2. The summed E-state index contributed by atoms with van der Waals surface area (Å²) in [6, 6.07) is 7.63. The maximum Gasteiger partial charge on any atom is 0.410 e. The average molecular weight is 478 g/mol. The second-order valence-corrected chi connectivity index (χ2v) is 10.3. The molecule has 1 atom stereocenters. The highest BCUT2D eigenvalue weighted by atomic mass is 16.6. The number of rotatable bonds is 5. The van der Waals surface area contributed by atoms with Crippen molar-refractivity contribution >= 4 is 29.0 Å². The number of amides is 2. The molecule has 0 unspecified atom stereocenters. The standard InChI is InChI=1S/C27H35N5O3/c1-16-9-8-10-17(2)21(16)14-28-22-13-20(15-32-19(4)18(3)29-24(22)32)30-25(33)23-11-12-31(23)26(34)35-27(5,6)7/h8-10,13,15,23,28H,11-12,14H2,1-7H3,(H,30,33)/t23-/m0/s1. The Balaban J connectivity index is 1.57. The molecule has 186 valence electrons. The number of carbonyl (C=O) groups excluding carboxylic acids is 2. The fraction of sp³-hybridized carbons (Fsp3) is 0.444. The minimum atomic E-state index is -0.606. The second kappa shape index (κ2) is 9.24. The number of nitrogens with zero attached hydrogens (tertiary/aromatic N) is 3. The molecule has 0 aliphatic carbocycles. The molecule has 35 heavy (non-hydrogen) atoms. The van der Waals surface area contributed by atoms with Crippen molar-refractivity contribution in [3.8, 4) is 0 Å². The van der Waals surface area contributed by atoms with E-state index in [0.29, 0.717) is 25.2 Å². The fourth-order valence-electron chi connectivity index (χ4n) is 4.31. The molecule has 1 fully saturated rings. The van der Waals surface area contributed by atoms with Crippen LogP contribution in [0.15, 0.2) is 30.5 Å². The zero-order valence-electron chi connectivity index (χ0n) is 21.7. The number of aromatic nitrogens is 2. The zero-order valence-corrected chi connectivity index (χ0v) is 21.7. The minimum absolute atomic E-state index is 0.225. The van der Waals surface area contributed by atoms with Crippen molar-refractivity contribution in [1.82, 2.24) is 14.3 Å². The summed E-state index contributed by atoms with van der Waals surface area (Å²) >= 11 is 0. The lowest BCUT2D eigenvalue weighted by atomic mass is 10.0. The Morgan fingerprint density at radius 2 is 1.83 bits per heavy atom. The first kappa shape index (κ1) is 24.6. The number of hydrogen-bond donors (Lipinski definition) is 2. The quantitative estimate of drug-likeness (QED) is 0.532. The number of nitrogens with one attached hydrogen (secondary N) is 2. The van der Waals surface area contributed by atoms with Crippen LogP contribution >= 0.6 is 0 Å². The second-order valence-electron chi connectivity index (χ2n) is 10.3. The molecule has 3 heterocycles. The van der Waals surface area contributed by atoms with Gasteiger partial charge in [0.2, 0.25) is 5.91 Å². The first-order valence-corrected chi connectivity index (χ1v) is 12.0. The smallest absolute Gasteiger partial charge is 0.410 e. The molecule has 2 N–H and O–H groups in total. The molecular weight excluding hydrogens is 442 g/mol. The highest BCUT2D eigenvalue weighted by Gasteiger charge is 2.40. The number of carbonyl (C=O) groups is 2. The molecule has 1 saturated heterocycles. The third kappa shape index (κ3) is 5.11. The van der Waals surface area contributed by atoms with Gasteiger partial charge >= 0.3 is 6.09 Å². The lowest BCUT2D eigenvalue weighted by Gasteiger charge is -2.40. The number of benzene rings is 1. The van der Waals surface area contributed by atoms with Crippen molar-refractivity contribution in [2.24, 2.45) is 0 Å². The lowest BCUT2D eigenvalue weighted by Crippen LogP contribution is -2.57. The van der Waals surface area contributed by atoms with Crippen LogP contribution < -0.4 is 10.6 Å². The summed E-state index contributed by atoms with van der Waals surface area (Å²) in [5.74, 6) is -0.225. The van der Waals surface area contributed by atoms with E-state index in [0.717, 1.165) is 22.7 Å². The number of fused-ring (bicyclic) bond motifs is 1. The van der Waals surface area contributed by atoms with Gasteiger partial charge in [-0.25, -0.2) is 9.78 Å². The minimum Gasteiger partial charge on any atom is -0.444 e. The van der Waals surface area contributed by atoms with Crippen LogP contribution in [0.2, 0.25) is 0 Å². The summed E-state index contributed by atoms with van der Waals surface area (Å²) in [6.45, 7) is 14.8. The van der Waals surface area contributed by atoms with Gasteiger partial charge in [-0.15, -0.1) is 0 Å². The molecule has 0 radical (unpaired) electrons. The Bertz CT molecular complexity index is 1270. The van der Waals surface area contributed by atoms with Gasteiger partial charge in [0, 0.05) is 25.0 Å². The van der Waals surface area contributed by atoms with Gasteiger partial charge in [0.05, 0.1) is 17.1 Å². The summed E-state index contributed by atoms with van der Waals surface area (Å²) in [4.78, 5) is 31.8. The predicted octanol–water partition coefficient (Wildman–Crippen LogP) is 5.13. The summed E-state index contributed by atoms with van der Waals surface area (Å²) in [7, 11) is 0. The van der Waals surface area contributed by atoms with E-state index in [1.165, 1.54) is 21.6 Å². The summed E-state index contributed by atoms with van der Waals surface area (Å²) < 4.78 is 7.44. The largest absolute Gasteiger partial charge is 0.444 e. The Morgan fingerprint density at radius 3 is 2.43 bits per heavy atom. The van der Waals surface area contributed by atoms with Crippen molar-refractivity contribution in [2.45, 2.75) is 73.1 Å². The average Bonchev–Trinajstić information content (AvgIpc) is 2.99. The highest BCUT2D eigenvalue weighted by Crippen LogP contribution is 2.28. The van der Waals surface area contributed by atoms with Crippen LogP contribution in [-0.2, 0) is 16.1 Å². The molecule has 2 aromatic heterocycles. The van der Waals surface area contributed by atoms with E-state index in [1.54, 1.807) is 0 Å². The van der Waals surface area contributed by atoms with E-state index in [-0.39, 0.29) is 5.91 Å². The molecule has 1 aromatic carbocycles. The van der Waals surface area contributed by atoms with Crippen LogP contribution in [0.5, 0.6) is 0 Å². The molecule has 2 amide bonds. The zero-order chi connectivity index (χ0) is 25.5. The van der Waals surface area contributed by atoms with Crippen molar-refractivity contribution in [1.29, 1.82) is 0 Å². The predicted molar refractivity (Wildman–Crippen MR) is 138 cm³/mol. The van der Waals surface area contributed by atoms with Crippen LogP contribution in [0.4, 0.5) is 16.2 Å². The molecule has 8 nitrogen and oxygen atoms in total. The summed E-state index contributed by atoms with van der Waals surface area (Å²) in [5, 5.41) is 6.54. The highest BCUT2D eigenvalue weighted by molar-refractivity contribution is 5.98. The van der Waals surface area contributed by atoms with Gasteiger partial charge in [0.15, 0.2) is 5.65 Å². The first-order chi connectivity index (χ1) is 16.4. The van der Waals surface area contributed by atoms with Gasteiger partial charge in [0.1, 0.15) is 11.6 Å². The number of ether oxygens (including phenoxy) is 1. The van der Waals surface area contributed by atoms with Crippen molar-refractivity contribution in [2.75, 3.05) is 17.2 Å². The van der Waals surface area contributed by atoms with Gasteiger partial charge in [0.25, 0.3) is 0 Å². The van der Waals surface area contributed by atoms with Crippen molar-refractivity contribution in [3.63, 3.8) is 0 Å². The van der Waals surface area contributed by atoms with Crippen LogP contribution in [-0.4, -0.2) is 44.5 Å². The molecule has 8 heteroatoms. The number of hydrogen-bond acceptors (Lipinski definition) is 5. The Morgan fingerprint density at radius 1 is 1.14 bits per heavy atom. The van der Waals surface area contributed by atoms with Gasteiger partial charge < -0.3 is 19.8 Å². The fourth-order valence-corrected chi connectivity index (χ4v) is 4.31. The number of pyridine rings is 1. The van der Waals surface area contributed by atoms with E-state index in [9.17, 15) is 9.59 Å². The normalized spacial score (nSPS) is 15.6. The third-order valence-electron chi connectivity index (χ3n) is 6.51. The molecule has 1 aliphatic rings. The molecular formula is C27H35N5O3. The molecule has 4 rings (SSSR count). The topological polar surface area (TPSA) is 88.0 Å². The summed E-state index contributed by atoms with van der Waals surface area (Å²) in [5.41, 5.74) is 7.30. The monoisotopic (exact) mass is 477 g/mol. The molecule has 0 bridgehead atoms. The maximum absolute atomic E-state index is 13.1. The van der Waals surface area contributed by atoms with Crippen LogP contribution in [0.3, 0.4) is 0 Å². The van der Waals surface area contributed by atoms with E-state index >= 15 is 0 Å². The van der Waals surface area contributed by atoms with Crippen molar-refractivity contribution < 1.29 is 14.3 Å². The Kier molecular flexibility index (Phi) is 6.49. The number of aryl methyl sites for hydroxylation is 4. The van der Waals surface area contributed by atoms with E-state index in [1.807, 2.05) is 51.3 Å². The third-order valence-corrected chi connectivity index (χ3v) is 6.51. The summed E-state index contributed by atoms with van der Waals surface area (Å²) in [6.07, 6.45) is 2.02. The Labute approximate surface area is 206 Å². The van der Waals surface area contributed by atoms with Crippen LogP contribution in [0, 0.1) is 27.7 Å². The first-order valence-electron chi connectivity index (χ1n) is 12.0. The SMILES string of the molecule is Cc1cccc(C)c1CNc1cc(NC(=O)[C@@H]2CCN2C(=O)OC(C)(C)C)cn2c(C)c(C)nc12. The van der Waals surface area contributed by atoms with Gasteiger partial charge in [-0.2, -0.15) is 0 Å². The number of likely N-dealkylation sites (tertiary alicyclic amines) is 1. The molecule has 1 aliphatic heterocycles. The maximum atomic E-state index is 13.1. The van der Waals surface area contributed by atoms with E-state index in [4.69, 9.17) is 9.72 Å². The molecule has 0 spiro atoms. The van der Waals surface area contributed by atoms with Gasteiger partial charge in [-0.1, -0.05) is 18.2 Å². The van der Waals surface area contributed by atoms with Crippen LogP contribution in [0.1, 0.15) is 55.3 Å². The van der Waals surface area contributed by atoms with Gasteiger partial charge in [-0.05, 0) is 77.6 Å². The lowest BCUT2D eigenvalue weighted by molar-refractivity contribution is -0.125. The molecule has 3 aromatic rings. The van der Waals surface area contributed by atoms with E-state index in [2.05, 4.69) is 42.7 Å².